The van der Waals surface area contributed by atoms with Crippen LogP contribution in [0.25, 0.3) is 10.9 Å². The van der Waals surface area contributed by atoms with Gasteiger partial charge in [0.1, 0.15) is 11.5 Å². The largest absolute Gasteiger partial charge is 0.351 e. The summed E-state index contributed by atoms with van der Waals surface area (Å²) >= 11 is 0. The van der Waals surface area contributed by atoms with Crippen molar-refractivity contribution in [2.24, 2.45) is 0 Å². The second-order valence-electron chi connectivity index (χ2n) is 5.41. The molecule has 3 aromatic rings. The van der Waals surface area contributed by atoms with E-state index in [1.54, 1.807) is 12.1 Å². The number of nitrogens with one attached hydrogen (secondary N) is 2. The van der Waals surface area contributed by atoms with Crippen molar-refractivity contribution in [1.29, 1.82) is 0 Å². The molecule has 2 aromatic carbocycles. The molecule has 0 fully saturated rings. The van der Waals surface area contributed by atoms with Gasteiger partial charge < -0.3 is 10.3 Å². The molecule has 3 rings (SSSR count). The normalized spacial score (nSPS) is 10.8. The third-order valence-corrected chi connectivity index (χ3v) is 3.61. The predicted molar refractivity (Wildman–Crippen MR) is 85.5 cm³/mol. The molecule has 0 unspecified atom stereocenters. The van der Waals surface area contributed by atoms with E-state index in [1.165, 1.54) is 23.3 Å². The van der Waals surface area contributed by atoms with E-state index in [0.29, 0.717) is 17.6 Å². The highest BCUT2D eigenvalue weighted by Gasteiger charge is 2.09. The number of aryl methyl sites for hydroxylation is 1. The standard InChI is InChI=1S/C18H17FN2O/c1-12-3-2-4-13(9-12)7-8-20-18(22)17-11-14-10-15(19)5-6-16(14)21-17/h2-6,9-11,21H,7-8H2,1H3,(H,20,22). The van der Waals surface area contributed by atoms with Crippen LogP contribution < -0.4 is 5.32 Å². The van der Waals surface area contributed by atoms with Gasteiger partial charge in [0.25, 0.3) is 5.91 Å². The number of halogens is 1. The number of carbonyl (C=O) groups excluding carboxylic acids is 1. The van der Waals surface area contributed by atoms with Crippen molar-refractivity contribution in [2.75, 3.05) is 6.54 Å². The number of aromatic nitrogens is 1. The first-order valence-electron chi connectivity index (χ1n) is 7.24. The lowest BCUT2D eigenvalue weighted by Gasteiger charge is -2.04. The number of H-pyrrole nitrogens is 1. The van der Waals surface area contributed by atoms with Gasteiger partial charge in [-0.1, -0.05) is 29.8 Å². The molecule has 3 nitrogen and oxygen atoms in total. The summed E-state index contributed by atoms with van der Waals surface area (Å²) in [5, 5.41) is 3.58. The predicted octanol–water partition coefficient (Wildman–Crippen LogP) is 3.59. The summed E-state index contributed by atoms with van der Waals surface area (Å²) < 4.78 is 13.2. The fourth-order valence-electron chi connectivity index (χ4n) is 2.51. The van der Waals surface area contributed by atoms with Crippen LogP contribution >= 0.6 is 0 Å². The first-order valence-corrected chi connectivity index (χ1v) is 7.24. The van der Waals surface area contributed by atoms with Crippen molar-refractivity contribution in [3.8, 4) is 0 Å². The van der Waals surface area contributed by atoms with Crippen molar-refractivity contribution >= 4 is 16.8 Å². The minimum Gasteiger partial charge on any atom is -0.351 e. The Balaban J connectivity index is 1.63. The van der Waals surface area contributed by atoms with Crippen LogP contribution in [0.5, 0.6) is 0 Å². The maximum Gasteiger partial charge on any atom is 0.267 e. The molecule has 22 heavy (non-hydrogen) atoms. The Hall–Kier alpha value is -2.62. The van der Waals surface area contributed by atoms with Crippen molar-refractivity contribution < 1.29 is 9.18 Å². The highest BCUT2D eigenvalue weighted by Crippen LogP contribution is 2.16. The molecule has 0 atom stereocenters. The fraction of sp³-hybridized carbons (Fsp3) is 0.167. The summed E-state index contributed by atoms with van der Waals surface area (Å²) in [6.45, 7) is 2.61. The van der Waals surface area contributed by atoms with Gasteiger partial charge in [0.2, 0.25) is 0 Å². The van der Waals surface area contributed by atoms with Crippen LogP contribution in [0, 0.1) is 12.7 Å². The topological polar surface area (TPSA) is 44.9 Å². The highest BCUT2D eigenvalue weighted by molar-refractivity contribution is 5.97. The molecule has 0 spiro atoms. The van der Waals surface area contributed by atoms with Gasteiger partial charge >= 0.3 is 0 Å². The van der Waals surface area contributed by atoms with E-state index in [0.717, 1.165) is 11.9 Å². The summed E-state index contributed by atoms with van der Waals surface area (Å²) in [6, 6.07) is 14.3. The van der Waals surface area contributed by atoms with Gasteiger partial charge in [-0.05, 0) is 43.2 Å². The van der Waals surface area contributed by atoms with Gasteiger partial charge in [-0.25, -0.2) is 4.39 Å². The molecule has 0 saturated carbocycles. The summed E-state index contributed by atoms with van der Waals surface area (Å²) in [4.78, 5) is 15.1. The van der Waals surface area contributed by atoms with E-state index < -0.39 is 0 Å². The van der Waals surface area contributed by atoms with Crippen LogP contribution in [0.15, 0.2) is 48.5 Å². The van der Waals surface area contributed by atoms with E-state index in [-0.39, 0.29) is 11.7 Å². The Morgan fingerprint density at radius 3 is 2.86 bits per heavy atom. The molecule has 1 heterocycles. The third kappa shape index (κ3) is 3.17. The summed E-state index contributed by atoms with van der Waals surface area (Å²) in [5.41, 5.74) is 3.61. The Bertz CT molecular complexity index is 823. The number of fused-ring (bicyclic) bond motifs is 1. The van der Waals surface area contributed by atoms with Gasteiger partial charge in [0.15, 0.2) is 0 Å². The van der Waals surface area contributed by atoms with Crippen LogP contribution in [0.3, 0.4) is 0 Å². The van der Waals surface area contributed by atoms with Crippen molar-refractivity contribution in [3.05, 3.63) is 71.2 Å². The van der Waals surface area contributed by atoms with Gasteiger partial charge in [-0.3, -0.25) is 4.79 Å². The minimum atomic E-state index is -0.307. The van der Waals surface area contributed by atoms with Crippen molar-refractivity contribution in [1.82, 2.24) is 10.3 Å². The second kappa shape index (κ2) is 6.02. The number of carbonyl (C=O) groups is 1. The van der Waals surface area contributed by atoms with Crippen molar-refractivity contribution in [3.63, 3.8) is 0 Å². The Labute approximate surface area is 128 Å². The van der Waals surface area contributed by atoms with Crippen LogP contribution in [-0.4, -0.2) is 17.4 Å². The number of hydrogen-bond donors (Lipinski definition) is 2. The van der Waals surface area contributed by atoms with E-state index in [2.05, 4.69) is 16.4 Å². The van der Waals surface area contributed by atoms with Gasteiger partial charge in [0.05, 0.1) is 0 Å². The summed E-state index contributed by atoms with van der Waals surface area (Å²) in [7, 11) is 0. The average molecular weight is 296 g/mol. The molecule has 2 N–H and O–H groups in total. The fourth-order valence-corrected chi connectivity index (χ4v) is 2.51. The number of hydrogen-bond acceptors (Lipinski definition) is 1. The summed E-state index contributed by atoms with van der Waals surface area (Å²) in [5.74, 6) is -0.484. The molecule has 0 bridgehead atoms. The van der Waals surface area contributed by atoms with Gasteiger partial charge in [-0.2, -0.15) is 0 Å². The van der Waals surface area contributed by atoms with Crippen LogP contribution in [0.4, 0.5) is 4.39 Å². The van der Waals surface area contributed by atoms with E-state index in [9.17, 15) is 9.18 Å². The van der Waals surface area contributed by atoms with Gasteiger partial charge in [0, 0.05) is 17.4 Å². The number of rotatable bonds is 4. The summed E-state index contributed by atoms with van der Waals surface area (Å²) in [6.07, 6.45) is 0.780. The van der Waals surface area contributed by atoms with E-state index in [4.69, 9.17) is 0 Å². The zero-order valence-corrected chi connectivity index (χ0v) is 12.3. The van der Waals surface area contributed by atoms with Crippen LogP contribution in [-0.2, 0) is 6.42 Å². The molecule has 112 valence electrons. The maximum atomic E-state index is 13.2. The van der Waals surface area contributed by atoms with Crippen molar-refractivity contribution in [2.45, 2.75) is 13.3 Å². The Kier molecular flexibility index (Phi) is 3.92. The number of amides is 1. The molecule has 0 aliphatic carbocycles. The molecular weight excluding hydrogens is 279 g/mol. The molecule has 0 saturated heterocycles. The van der Waals surface area contributed by atoms with Crippen LogP contribution in [0.1, 0.15) is 21.6 Å². The van der Waals surface area contributed by atoms with E-state index in [1.807, 2.05) is 25.1 Å². The minimum absolute atomic E-state index is 0.177. The number of benzene rings is 2. The third-order valence-electron chi connectivity index (χ3n) is 3.61. The van der Waals surface area contributed by atoms with Gasteiger partial charge in [-0.15, -0.1) is 0 Å². The molecule has 1 amide bonds. The zero-order valence-electron chi connectivity index (χ0n) is 12.3. The zero-order chi connectivity index (χ0) is 15.5. The lowest BCUT2D eigenvalue weighted by atomic mass is 10.1. The molecule has 0 radical (unpaired) electrons. The van der Waals surface area contributed by atoms with Crippen LogP contribution in [0.2, 0.25) is 0 Å². The molecule has 4 heteroatoms. The molecule has 0 aliphatic rings. The average Bonchev–Trinajstić information content (AvgIpc) is 2.90. The Morgan fingerprint density at radius 1 is 1.18 bits per heavy atom. The number of aromatic amines is 1. The quantitative estimate of drug-likeness (QED) is 0.759. The molecule has 1 aromatic heterocycles. The monoisotopic (exact) mass is 296 g/mol. The second-order valence-corrected chi connectivity index (χ2v) is 5.41. The smallest absolute Gasteiger partial charge is 0.267 e. The maximum absolute atomic E-state index is 13.2. The molecular formula is C18H17FN2O. The van der Waals surface area contributed by atoms with E-state index >= 15 is 0 Å². The first-order chi connectivity index (χ1) is 10.6. The first kappa shape index (κ1) is 14.3. The highest BCUT2D eigenvalue weighted by atomic mass is 19.1. The lowest BCUT2D eigenvalue weighted by Crippen LogP contribution is -2.25. The molecule has 0 aliphatic heterocycles. The Morgan fingerprint density at radius 2 is 2.05 bits per heavy atom. The SMILES string of the molecule is Cc1cccc(CCNC(=O)c2cc3cc(F)ccc3[nH]2)c1. The lowest BCUT2D eigenvalue weighted by molar-refractivity contribution is 0.0950.